The predicted molar refractivity (Wildman–Crippen MR) is 116 cm³/mol. The van der Waals surface area contributed by atoms with Crippen molar-refractivity contribution >= 4 is 33.0 Å². The fraction of sp³-hybridized carbons (Fsp3) is 0.0417. The summed E-state index contributed by atoms with van der Waals surface area (Å²) in [5, 5.41) is 0.531. The van der Waals surface area contributed by atoms with Crippen LogP contribution in [-0.2, 0) is 6.61 Å². The summed E-state index contributed by atoms with van der Waals surface area (Å²) in [5.41, 5.74) is 3.93. The van der Waals surface area contributed by atoms with Gasteiger partial charge in [0.25, 0.3) is 0 Å². The molecule has 0 aliphatic heterocycles. The van der Waals surface area contributed by atoms with Crippen LogP contribution in [0.5, 0.6) is 5.75 Å². The van der Waals surface area contributed by atoms with Gasteiger partial charge in [0.15, 0.2) is 5.43 Å². The highest BCUT2D eigenvalue weighted by Crippen LogP contribution is 2.24. The van der Waals surface area contributed by atoms with Gasteiger partial charge in [0, 0.05) is 10.5 Å². The standard InChI is InChI=1S/C24H17BrO3/c1-2-16-3-5-17(6-4-16)14-27-20-11-12-21-23(13-20)28-15-22(24(21)26)18-7-9-19(25)10-8-18/h2-13,15H,1,14H2. The highest BCUT2D eigenvalue weighted by molar-refractivity contribution is 9.10. The first-order valence-electron chi connectivity index (χ1n) is 8.80. The molecule has 0 saturated heterocycles. The first-order valence-corrected chi connectivity index (χ1v) is 9.59. The maximum atomic E-state index is 12.8. The molecule has 3 aromatic carbocycles. The van der Waals surface area contributed by atoms with Crippen molar-refractivity contribution in [1.82, 2.24) is 0 Å². The van der Waals surface area contributed by atoms with E-state index in [0.717, 1.165) is 21.2 Å². The lowest BCUT2D eigenvalue weighted by atomic mass is 10.1. The highest BCUT2D eigenvalue weighted by Gasteiger charge is 2.10. The molecule has 1 heterocycles. The van der Waals surface area contributed by atoms with Gasteiger partial charge < -0.3 is 9.15 Å². The fourth-order valence-corrected chi connectivity index (χ4v) is 3.21. The zero-order valence-electron chi connectivity index (χ0n) is 15.0. The third-order valence-electron chi connectivity index (χ3n) is 4.52. The summed E-state index contributed by atoms with van der Waals surface area (Å²) < 4.78 is 12.5. The second-order valence-electron chi connectivity index (χ2n) is 6.38. The Kier molecular flexibility index (Phi) is 5.13. The average molecular weight is 433 g/mol. The Hall–Kier alpha value is -3.11. The number of ether oxygens (including phenoxy) is 1. The molecule has 0 unspecified atom stereocenters. The van der Waals surface area contributed by atoms with E-state index in [1.807, 2.05) is 48.5 Å². The average Bonchev–Trinajstić information content (AvgIpc) is 2.74. The number of fused-ring (bicyclic) bond motifs is 1. The monoisotopic (exact) mass is 432 g/mol. The van der Waals surface area contributed by atoms with E-state index in [2.05, 4.69) is 22.5 Å². The van der Waals surface area contributed by atoms with Crippen LogP contribution in [0.25, 0.3) is 28.2 Å². The SMILES string of the molecule is C=Cc1ccc(COc2ccc3c(=O)c(-c4ccc(Br)cc4)coc3c2)cc1. The van der Waals surface area contributed by atoms with E-state index in [1.54, 1.807) is 24.3 Å². The first kappa shape index (κ1) is 18.3. The number of halogens is 1. The molecule has 0 fully saturated rings. The molecule has 4 rings (SSSR count). The maximum absolute atomic E-state index is 12.8. The zero-order chi connectivity index (χ0) is 19.5. The molecule has 0 aliphatic rings. The smallest absolute Gasteiger partial charge is 0.200 e. The van der Waals surface area contributed by atoms with Crippen LogP contribution in [0.1, 0.15) is 11.1 Å². The molecule has 0 spiro atoms. The van der Waals surface area contributed by atoms with Gasteiger partial charge in [0.05, 0.1) is 10.9 Å². The van der Waals surface area contributed by atoms with Crippen LogP contribution in [0.3, 0.4) is 0 Å². The van der Waals surface area contributed by atoms with Crippen LogP contribution in [0.4, 0.5) is 0 Å². The molecule has 138 valence electrons. The maximum Gasteiger partial charge on any atom is 0.200 e. The van der Waals surface area contributed by atoms with Crippen molar-refractivity contribution in [3.8, 4) is 16.9 Å². The predicted octanol–water partition coefficient (Wildman–Crippen LogP) is 6.44. The molecule has 4 aromatic rings. The van der Waals surface area contributed by atoms with Crippen molar-refractivity contribution in [1.29, 1.82) is 0 Å². The van der Waals surface area contributed by atoms with Gasteiger partial charge in [-0.15, -0.1) is 0 Å². The Bertz CT molecular complexity index is 1190. The van der Waals surface area contributed by atoms with Crippen molar-refractivity contribution in [3.05, 3.63) is 105 Å². The molecular formula is C24H17BrO3. The molecular weight excluding hydrogens is 416 g/mol. The number of hydrogen-bond donors (Lipinski definition) is 0. The van der Waals surface area contributed by atoms with Crippen LogP contribution < -0.4 is 10.2 Å². The van der Waals surface area contributed by atoms with Gasteiger partial charge in [-0.25, -0.2) is 0 Å². The molecule has 0 N–H and O–H groups in total. The summed E-state index contributed by atoms with van der Waals surface area (Å²) in [4.78, 5) is 12.8. The molecule has 0 radical (unpaired) electrons. The molecule has 0 atom stereocenters. The lowest BCUT2D eigenvalue weighted by Crippen LogP contribution is -2.05. The largest absolute Gasteiger partial charge is 0.489 e. The minimum atomic E-state index is -0.0601. The van der Waals surface area contributed by atoms with E-state index in [9.17, 15) is 4.79 Å². The number of hydrogen-bond acceptors (Lipinski definition) is 3. The normalized spacial score (nSPS) is 10.8. The van der Waals surface area contributed by atoms with E-state index in [4.69, 9.17) is 9.15 Å². The van der Waals surface area contributed by atoms with Crippen LogP contribution in [0.15, 0.2) is 93.3 Å². The molecule has 0 saturated carbocycles. The van der Waals surface area contributed by atoms with E-state index in [-0.39, 0.29) is 5.43 Å². The van der Waals surface area contributed by atoms with Gasteiger partial charge in [-0.2, -0.15) is 0 Å². The van der Waals surface area contributed by atoms with E-state index in [0.29, 0.717) is 28.9 Å². The van der Waals surface area contributed by atoms with Crippen LogP contribution in [-0.4, -0.2) is 0 Å². The Balaban J connectivity index is 1.59. The lowest BCUT2D eigenvalue weighted by Gasteiger charge is -2.08. The van der Waals surface area contributed by atoms with E-state index in [1.165, 1.54) is 6.26 Å². The van der Waals surface area contributed by atoms with Crippen molar-refractivity contribution in [2.75, 3.05) is 0 Å². The summed E-state index contributed by atoms with van der Waals surface area (Å²) in [6.45, 7) is 4.18. The Morgan fingerprint density at radius 3 is 2.46 bits per heavy atom. The summed E-state index contributed by atoms with van der Waals surface area (Å²) in [5.74, 6) is 0.653. The third-order valence-corrected chi connectivity index (χ3v) is 5.05. The highest BCUT2D eigenvalue weighted by atomic mass is 79.9. The van der Waals surface area contributed by atoms with Gasteiger partial charge >= 0.3 is 0 Å². The van der Waals surface area contributed by atoms with Gasteiger partial charge in [0.2, 0.25) is 0 Å². The Labute approximate surface area is 171 Å². The van der Waals surface area contributed by atoms with Crippen molar-refractivity contribution in [2.45, 2.75) is 6.61 Å². The fourth-order valence-electron chi connectivity index (χ4n) is 2.94. The minimum Gasteiger partial charge on any atom is -0.489 e. The minimum absolute atomic E-state index is 0.0601. The molecule has 0 amide bonds. The van der Waals surface area contributed by atoms with Crippen molar-refractivity contribution in [2.24, 2.45) is 0 Å². The van der Waals surface area contributed by atoms with Crippen LogP contribution >= 0.6 is 15.9 Å². The van der Waals surface area contributed by atoms with Crippen LogP contribution in [0, 0.1) is 0 Å². The Morgan fingerprint density at radius 2 is 1.75 bits per heavy atom. The van der Waals surface area contributed by atoms with Crippen molar-refractivity contribution in [3.63, 3.8) is 0 Å². The van der Waals surface area contributed by atoms with Gasteiger partial charge in [0.1, 0.15) is 24.2 Å². The molecule has 1 aromatic heterocycles. The quantitative estimate of drug-likeness (QED) is 0.363. The Morgan fingerprint density at radius 1 is 1.00 bits per heavy atom. The third kappa shape index (κ3) is 3.78. The summed E-state index contributed by atoms with van der Waals surface area (Å²) in [6.07, 6.45) is 3.31. The van der Waals surface area contributed by atoms with E-state index >= 15 is 0 Å². The second kappa shape index (κ2) is 7.87. The molecule has 0 bridgehead atoms. The van der Waals surface area contributed by atoms with Gasteiger partial charge in [-0.05, 0) is 41.0 Å². The number of benzene rings is 3. The second-order valence-corrected chi connectivity index (χ2v) is 7.29. The molecule has 3 nitrogen and oxygen atoms in total. The van der Waals surface area contributed by atoms with Crippen LogP contribution in [0.2, 0.25) is 0 Å². The topological polar surface area (TPSA) is 39.4 Å². The molecule has 28 heavy (non-hydrogen) atoms. The van der Waals surface area contributed by atoms with Gasteiger partial charge in [-0.3, -0.25) is 4.79 Å². The zero-order valence-corrected chi connectivity index (χ0v) is 16.6. The number of rotatable bonds is 5. The van der Waals surface area contributed by atoms with Gasteiger partial charge in [-0.1, -0.05) is 65.0 Å². The first-order chi connectivity index (χ1) is 13.6. The summed E-state index contributed by atoms with van der Waals surface area (Å²) in [6, 6.07) is 20.9. The molecule has 4 heteroatoms. The van der Waals surface area contributed by atoms with E-state index < -0.39 is 0 Å². The van der Waals surface area contributed by atoms with Crippen molar-refractivity contribution < 1.29 is 9.15 Å². The molecule has 0 aliphatic carbocycles. The summed E-state index contributed by atoms with van der Waals surface area (Å²) in [7, 11) is 0. The summed E-state index contributed by atoms with van der Waals surface area (Å²) >= 11 is 3.40. The lowest BCUT2D eigenvalue weighted by molar-refractivity contribution is 0.306.